The quantitative estimate of drug-likeness (QED) is 0.813. The summed E-state index contributed by atoms with van der Waals surface area (Å²) in [6, 6.07) is 9.18. The smallest absolute Gasteiger partial charge is 0.338 e. The van der Waals surface area contributed by atoms with Crippen molar-refractivity contribution in [2.75, 3.05) is 13.9 Å². The van der Waals surface area contributed by atoms with Crippen LogP contribution in [0.3, 0.4) is 0 Å². The highest BCUT2D eigenvalue weighted by molar-refractivity contribution is 5.89. The number of halogens is 1. The molecule has 5 nitrogen and oxygen atoms in total. The Kier molecular flexibility index (Phi) is 3.82. The van der Waals surface area contributed by atoms with Gasteiger partial charge in [0.15, 0.2) is 23.1 Å². The van der Waals surface area contributed by atoms with Crippen molar-refractivity contribution in [3.63, 3.8) is 0 Å². The first-order chi connectivity index (χ1) is 10.7. The predicted molar refractivity (Wildman–Crippen MR) is 74.6 cm³/mol. The molecule has 0 saturated carbocycles. The van der Waals surface area contributed by atoms with Crippen LogP contribution in [0.1, 0.15) is 15.9 Å². The summed E-state index contributed by atoms with van der Waals surface area (Å²) in [6.45, 7) is 0.243. The third-order valence-corrected chi connectivity index (χ3v) is 3.19. The van der Waals surface area contributed by atoms with Crippen molar-refractivity contribution in [3.05, 3.63) is 53.3 Å². The Labute approximate surface area is 126 Å². The zero-order chi connectivity index (χ0) is 15.5. The molecule has 0 aliphatic carbocycles. The lowest BCUT2D eigenvalue weighted by Crippen LogP contribution is -2.06. The minimum absolute atomic E-state index is 0.0587. The van der Waals surface area contributed by atoms with Gasteiger partial charge in [0.25, 0.3) is 0 Å². The molecule has 0 saturated heterocycles. The number of hydrogen-bond donors (Lipinski definition) is 0. The van der Waals surface area contributed by atoms with Crippen molar-refractivity contribution in [1.29, 1.82) is 0 Å². The Morgan fingerprint density at radius 3 is 2.77 bits per heavy atom. The highest BCUT2D eigenvalue weighted by Crippen LogP contribution is 2.32. The molecule has 1 heterocycles. The van der Waals surface area contributed by atoms with Gasteiger partial charge in [-0.2, -0.15) is 0 Å². The van der Waals surface area contributed by atoms with E-state index in [2.05, 4.69) is 0 Å². The first kappa shape index (κ1) is 14.2. The summed E-state index contributed by atoms with van der Waals surface area (Å²) in [6.07, 6.45) is 0. The molecule has 6 heteroatoms. The van der Waals surface area contributed by atoms with Crippen molar-refractivity contribution >= 4 is 5.97 Å². The average molecular weight is 304 g/mol. The predicted octanol–water partition coefficient (Wildman–Crippen LogP) is 2.92. The first-order valence-electron chi connectivity index (χ1n) is 6.56. The lowest BCUT2D eigenvalue weighted by Gasteiger charge is -2.07. The fraction of sp³-hybridized carbons (Fsp3) is 0.188. The molecular weight excluding hydrogens is 291 g/mol. The van der Waals surface area contributed by atoms with Gasteiger partial charge in [-0.25, -0.2) is 9.18 Å². The topological polar surface area (TPSA) is 54.0 Å². The average Bonchev–Trinajstić information content (AvgIpc) is 3.00. The maximum atomic E-state index is 13.6. The summed E-state index contributed by atoms with van der Waals surface area (Å²) in [5.41, 5.74) is 0.880. The Morgan fingerprint density at radius 1 is 1.18 bits per heavy atom. The van der Waals surface area contributed by atoms with E-state index in [1.54, 1.807) is 18.2 Å². The van der Waals surface area contributed by atoms with Crippen molar-refractivity contribution in [2.45, 2.75) is 6.61 Å². The van der Waals surface area contributed by atoms with E-state index in [0.29, 0.717) is 11.5 Å². The first-order valence-corrected chi connectivity index (χ1v) is 6.56. The summed E-state index contributed by atoms with van der Waals surface area (Å²) in [5.74, 6) is 0.128. The van der Waals surface area contributed by atoms with Gasteiger partial charge in [-0.15, -0.1) is 0 Å². The summed E-state index contributed by atoms with van der Waals surface area (Å²) in [5, 5.41) is 0. The standard InChI is InChI=1S/C16H13FO5/c1-19-13-5-3-11(7-12(13)17)16(18)20-8-10-2-4-14-15(6-10)22-9-21-14/h2-7H,8-9H2,1H3. The second kappa shape index (κ2) is 5.93. The van der Waals surface area contributed by atoms with Gasteiger partial charge in [0, 0.05) is 0 Å². The normalized spacial score (nSPS) is 12.1. The molecule has 2 aromatic rings. The summed E-state index contributed by atoms with van der Waals surface area (Å²) in [4.78, 5) is 11.9. The van der Waals surface area contributed by atoms with Crippen LogP contribution in [0.25, 0.3) is 0 Å². The molecule has 0 amide bonds. The maximum Gasteiger partial charge on any atom is 0.338 e. The van der Waals surface area contributed by atoms with Crippen molar-refractivity contribution in [3.8, 4) is 17.2 Å². The second-order valence-corrected chi connectivity index (χ2v) is 4.61. The van der Waals surface area contributed by atoms with E-state index in [4.69, 9.17) is 18.9 Å². The molecule has 0 radical (unpaired) electrons. The fourth-order valence-electron chi connectivity index (χ4n) is 2.06. The van der Waals surface area contributed by atoms with Crippen LogP contribution in [-0.4, -0.2) is 19.9 Å². The third kappa shape index (κ3) is 2.81. The highest BCUT2D eigenvalue weighted by atomic mass is 19.1. The molecule has 3 rings (SSSR count). The molecule has 114 valence electrons. The molecule has 0 N–H and O–H groups in total. The number of carbonyl (C=O) groups is 1. The third-order valence-electron chi connectivity index (χ3n) is 3.19. The van der Waals surface area contributed by atoms with Crippen LogP contribution in [0.4, 0.5) is 4.39 Å². The number of methoxy groups -OCH3 is 1. The minimum atomic E-state index is -0.612. The monoisotopic (exact) mass is 304 g/mol. The van der Waals surface area contributed by atoms with Crippen LogP contribution in [-0.2, 0) is 11.3 Å². The summed E-state index contributed by atoms with van der Waals surface area (Å²) < 4.78 is 34.0. The maximum absolute atomic E-state index is 13.6. The van der Waals surface area contributed by atoms with E-state index < -0.39 is 11.8 Å². The molecule has 0 aromatic heterocycles. The van der Waals surface area contributed by atoms with Gasteiger partial charge in [-0.1, -0.05) is 6.07 Å². The molecule has 0 fully saturated rings. The van der Waals surface area contributed by atoms with E-state index in [0.717, 1.165) is 11.6 Å². The van der Waals surface area contributed by atoms with Crippen LogP contribution in [0.5, 0.6) is 17.2 Å². The Hall–Kier alpha value is -2.76. The Balaban J connectivity index is 1.66. The molecule has 0 spiro atoms. The van der Waals surface area contributed by atoms with Gasteiger partial charge in [-0.05, 0) is 35.9 Å². The van der Waals surface area contributed by atoms with Crippen molar-refractivity contribution < 1.29 is 28.1 Å². The number of ether oxygens (including phenoxy) is 4. The number of carbonyl (C=O) groups excluding carboxylic acids is 1. The molecule has 0 bridgehead atoms. The molecule has 1 aliphatic rings. The number of hydrogen-bond acceptors (Lipinski definition) is 5. The zero-order valence-corrected chi connectivity index (χ0v) is 11.8. The lowest BCUT2D eigenvalue weighted by atomic mass is 10.2. The number of rotatable bonds is 4. The van der Waals surface area contributed by atoms with Crippen LogP contribution in [0.15, 0.2) is 36.4 Å². The van der Waals surface area contributed by atoms with Crippen molar-refractivity contribution in [2.24, 2.45) is 0 Å². The lowest BCUT2D eigenvalue weighted by molar-refractivity contribution is 0.0472. The summed E-state index contributed by atoms with van der Waals surface area (Å²) in [7, 11) is 1.36. The molecule has 22 heavy (non-hydrogen) atoms. The van der Waals surface area contributed by atoms with E-state index in [9.17, 15) is 9.18 Å². The fourth-order valence-corrected chi connectivity index (χ4v) is 2.06. The number of esters is 1. The second-order valence-electron chi connectivity index (χ2n) is 4.61. The van der Waals surface area contributed by atoms with Crippen LogP contribution >= 0.6 is 0 Å². The molecule has 2 aromatic carbocycles. The van der Waals surface area contributed by atoms with E-state index >= 15 is 0 Å². The Bertz CT molecular complexity index is 714. The number of fused-ring (bicyclic) bond motifs is 1. The van der Waals surface area contributed by atoms with Gasteiger partial charge in [0.2, 0.25) is 6.79 Å². The van der Waals surface area contributed by atoms with Gasteiger partial charge in [0.1, 0.15) is 6.61 Å². The minimum Gasteiger partial charge on any atom is -0.494 e. The number of benzene rings is 2. The zero-order valence-electron chi connectivity index (χ0n) is 11.8. The van der Waals surface area contributed by atoms with Crippen molar-refractivity contribution in [1.82, 2.24) is 0 Å². The molecule has 0 atom stereocenters. The van der Waals surface area contributed by atoms with E-state index in [-0.39, 0.29) is 24.7 Å². The summed E-state index contributed by atoms with van der Waals surface area (Å²) >= 11 is 0. The van der Waals surface area contributed by atoms with Crippen LogP contribution < -0.4 is 14.2 Å². The van der Waals surface area contributed by atoms with E-state index in [1.165, 1.54) is 19.2 Å². The van der Waals surface area contributed by atoms with Gasteiger partial charge in [-0.3, -0.25) is 0 Å². The van der Waals surface area contributed by atoms with Gasteiger partial charge >= 0.3 is 5.97 Å². The van der Waals surface area contributed by atoms with Gasteiger partial charge < -0.3 is 18.9 Å². The SMILES string of the molecule is COc1ccc(C(=O)OCc2ccc3c(c2)OCO3)cc1F. The van der Waals surface area contributed by atoms with Crippen LogP contribution in [0, 0.1) is 5.82 Å². The van der Waals surface area contributed by atoms with Crippen LogP contribution in [0.2, 0.25) is 0 Å². The highest BCUT2D eigenvalue weighted by Gasteiger charge is 2.15. The largest absolute Gasteiger partial charge is 0.494 e. The molecule has 0 unspecified atom stereocenters. The van der Waals surface area contributed by atoms with Gasteiger partial charge in [0.05, 0.1) is 12.7 Å². The molecule has 1 aliphatic heterocycles. The van der Waals surface area contributed by atoms with E-state index in [1.807, 2.05) is 0 Å². The Morgan fingerprint density at radius 2 is 2.00 bits per heavy atom. The molecular formula is C16H13FO5.